The van der Waals surface area contributed by atoms with Crippen LogP contribution in [-0.4, -0.2) is 44.2 Å². The normalized spacial score (nSPS) is 12.6. The molecule has 0 N–H and O–H groups in total. The molecular weight excluding hydrogens is 539 g/mol. The highest BCUT2D eigenvalue weighted by molar-refractivity contribution is 9.10. The van der Waals surface area contributed by atoms with Crippen LogP contribution in [-0.2, 0) is 0 Å². The third-order valence-corrected chi connectivity index (χ3v) is 6.80. The Morgan fingerprint density at radius 2 is 1.92 bits per heavy atom. The largest absolute Gasteiger partial charge is 0.490 e. The van der Waals surface area contributed by atoms with E-state index in [2.05, 4.69) is 43.5 Å². The van der Waals surface area contributed by atoms with Crippen LogP contribution in [0.3, 0.4) is 0 Å². The molecule has 1 amide bonds. The number of amides is 1. The fraction of sp³-hybridized carbons (Fsp3) is 0.393. The van der Waals surface area contributed by atoms with Crippen LogP contribution in [0.25, 0.3) is 21.9 Å². The lowest BCUT2D eigenvalue weighted by Crippen LogP contribution is -2.46. The van der Waals surface area contributed by atoms with Gasteiger partial charge in [0.15, 0.2) is 11.5 Å². The summed E-state index contributed by atoms with van der Waals surface area (Å²) in [4.78, 5) is 23.4. The van der Waals surface area contributed by atoms with Gasteiger partial charge in [-0.1, -0.05) is 15.9 Å². The van der Waals surface area contributed by atoms with Crippen LogP contribution in [0.5, 0.6) is 11.5 Å². The summed E-state index contributed by atoms with van der Waals surface area (Å²) in [5.41, 5.74) is 2.39. The molecule has 0 aliphatic heterocycles. The Labute approximate surface area is 224 Å². The maximum Gasteiger partial charge on any atom is 0.415 e. The van der Waals surface area contributed by atoms with Gasteiger partial charge in [-0.05, 0) is 77.8 Å². The first-order valence-electron chi connectivity index (χ1n) is 12.4. The smallest absolute Gasteiger partial charge is 0.415 e. The average Bonchev–Trinajstić information content (AvgIpc) is 3.27. The van der Waals surface area contributed by atoms with E-state index in [1.54, 1.807) is 11.1 Å². The van der Waals surface area contributed by atoms with Crippen LogP contribution in [0, 0.1) is 5.82 Å². The molecule has 0 unspecified atom stereocenters. The molecule has 0 saturated carbocycles. The number of pyridine rings is 1. The number of carbonyl (C=O) groups is 1. The van der Waals surface area contributed by atoms with Gasteiger partial charge >= 0.3 is 6.09 Å². The second-order valence-corrected chi connectivity index (χ2v) is 10.9. The number of rotatable bonds is 8. The fourth-order valence-corrected chi connectivity index (χ4v) is 4.79. The van der Waals surface area contributed by atoms with Gasteiger partial charge < -0.3 is 18.9 Å². The number of nitrogens with zero attached hydrogens (tertiary/aromatic N) is 4. The zero-order chi connectivity index (χ0) is 26.7. The van der Waals surface area contributed by atoms with Crippen LogP contribution in [0.2, 0.25) is 0 Å². The van der Waals surface area contributed by atoms with Gasteiger partial charge in [-0.2, -0.15) is 0 Å². The third-order valence-electron chi connectivity index (χ3n) is 6.31. The topological polar surface area (TPSA) is 69.5 Å². The number of carbonyl (C=O) groups excluding carboxylic acids is 1. The number of halogens is 2. The first-order chi connectivity index (χ1) is 17.6. The summed E-state index contributed by atoms with van der Waals surface area (Å²) in [5.74, 6) is -0.0869. The standard InChI is InChI=1S/C28H32BrFN4O3/c1-6-34(28(3,4)5)27(35)37-25-15-20(30)10-12-24(25)36-13-7-8-18(2)33-17-32-23-16-31-22-11-9-19(29)14-21(22)26(23)33/h9-12,14-18H,6-8,13H2,1-5H3/t18-/m1/s1. The van der Waals surface area contributed by atoms with Crippen molar-refractivity contribution in [1.82, 2.24) is 19.4 Å². The Hall–Kier alpha value is -3.20. The molecule has 0 bridgehead atoms. The summed E-state index contributed by atoms with van der Waals surface area (Å²) in [6.45, 7) is 10.6. The molecule has 0 fully saturated rings. The Morgan fingerprint density at radius 1 is 1.14 bits per heavy atom. The minimum Gasteiger partial charge on any atom is -0.490 e. The fourth-order valence-electron chi connectivity index (χ4n) is 4.43. The minimum absolute atomic E-state index is 0.0749. The number of hydrogen-bond donors (Lipinski definition) is 0. The SMILES string of the molecule is CCN(C(=O)Oc1cc(F)ccc1OCCC[C@@H](C)n1cnc2cnc3ccc(Br)cc3c21)C(C)(C)C. The zero-order valence-electron chi connectivity index (χ0n) is 21.8. The number of benzene rings is 2. The van der Waals surface area contributed by atoms with Crippen molar-refractivity contribution in [3.8, 4) is 11.5 Å². The number of imidazole rings is 1. The van der Waals surface area contributed by atoms with Crippen LogP contribution >= 0.6 is 15.9 Å². The number of aromatic nitrogens is 3. The Kier molecular flexibility index (Phi) is 8.02. The van der Waals surface area contributed by atoms with Crippen molar-refractivity contribution in [3.63, 3.8) is 0 Å². The highest BCUT2D eigenvalue weighted by Gasteiger charge is 2.27. The molecule has 2 aromatic heterocycles. The van der Waals surface area contributed by atoms with Gasteiger partial charge in [-0.25, -0.2) is 14.2 Å². The quantitative estimate of drug-likeness (QED) is 0.205. The van der Waals surface area contributed by atoms with E-state index in [9.17, 15) is 9.18 Å². The summed E-state index contributed by atoms with van der Waals surface area (Å²) >= 11 is 3.56. The average molecular weight is 571 g/mol. The molecule has 0 spiro atoms. The second-order valence-electron chi connectivity index (χ2n) is 10.0. The molecule has 4 aromatic rings. The molecule has 2 aromatic carbocycles. The molecule has 9 heteroatoms. The Morgan fingerprint density at radius 3 is 2.65 bits per heavy atom. The van der Waals surface area contributed by atoms with Gasteiger partial charge in [0.1, 0.15) is 11.3 Å². The van der Waals surface area contributed by atoms with Gasteiger partial charge in [0, 0.05) is 34.1 Å². The van der Waals surface area contributed by atoms with Gasteiger partial charge in [-0.15, -0.1) is 0 Å². The van der Waals surface area contributed by atoms with Gasteiger partial charge in [0.25, 0.3) is 0 Å². The highest BCUT2D eigenvalue weighted by Crippen LogP contribution is 2.31. The lowest BCUT2D eigenvalue weighted by molar-refractivity contribution is 0.109. The highest BCUT2D eigenvalue weighted by atomic mass is 79.9. The number of ether oxygens (including phenoxy) is 2. The summed E-state index contributed by atoms with van der Waals surface area (Å²) < 4.78 is 28.6. The molecule has 0 radical (unpaired) electrons. The molecule has 2 heterocycles. The number of hydrogen-bond acceptors (Lipinski definition) is 5. The summed E-state index contributed by atoms with van der Waals surface area (Å²) in [6, 6.07) is 10.2. The van der Waals surface area contributed by atoms with Crippen molar-refractivity contribution in [1.29, 1.82) is 0 Å². The van der Waals surface area contributed by atoms with Gasteiger partial charge in [0.05, 0.1) is 30.2 Å². The van der Waals surface area contributed by atoms with Crippen molar-refractivity contribution in [2.24, 2.45) is 0 Å². The molecule has 0 aliphatic carbocycles. The molecule has 0 aliphatic rings. The molecule has 0 saturated heterocycles. The van der Waals surface area contributed by atoms with E-state index in [0.717, 1.165) is 39.3 Å². The van der Waals surface area contributed by atoms with Crippen LogP contribution < -0.4 is 9.47 Å². The van der Waals surface area contributed by atoms with E-state index in [1.807, 2.05) is 46.2 Å². The van der Waals surface area contributed by atoms with E-state index >= 15 is 0 Å². The van der Waals surface area contributed by atoms with Crippen molar-refractivity contribution in [2.75, 3.05) is 13.2 Å². The van der Waals surface area contributed by atoms with Crippen molar-refractivity contribution in [2.45, 2.75) is 59.0 Å². The molecule has 37 heavy (non-hydrogen) atoms. The molecule has 196 valence electrons. The minimum atomic E-state index is -0.542. The zero-order valence-corrected chi connectivity index (χ0v) is 23.4. The Balaban J connectivity index is 1.43. The maximum atomic E-state index is 14.0. The van der Waals surface area contributed by atoms with Gasteiger partial charge in [0.2, 0.25) is 0 Å². The predicted molar refractivity (Wildman–Crippen MR) is 147 cm³/mol. The number of fused-ring (bicyclic) bond motifs is 3. The van der Waals surface area contributed by atoms with Crippen molar-refractivity contribution < 1.29 is 18.7 Å². The first-order valence-corrected chi connectivity index (χ1v) is 13.2. The maximum absolute atomic E-state index is 14.0. The summed E-state index contributed by atoms with van der Waals surface area (Å²) in [6.07, 6.45) is 4.67. The second kappa shape index (κ2) is 11.0. The van der Waals surface area contributed by atoms with Crippen LogP contribution in [0.4, 0.5) is 9.18 Å². The summed E-state index contributed by atoms with van der Waals surface area (Å²) in [7, 11) is 0. The monoisotopic (exact) mass is 570 g/mol. The Bertz CT molecular complexity index is 1420. The van der Waals surface area contributed by atoms with Crippen LogP contribution in [0.1, 0.15) is 53.5 Å². The molecule has 4 rings (SSSR count). The molecule has 1 atom stereocenters. The predicted octanol–water partition coefficient (Wildman–Crippen LogP) is 7.53. The van der Waals surface area contributed by atoms with E-state index < -0.39 is 17.4 Å². The van der Waals surface area contributed by atoms with E-state index in [1.165, 1.54) is 18.2 Å². The van der Waals surface area contributed by atoms with E-state index in [0.29, 0.717) is 18.9 Å². The van der Waals surface area contributed by atoms with Crippen molar-refractivity contribution in [3.05, 3.63) is 59.2 Å². The van der Waals surface area contributed by atoms with Crippen LogP contribution in [0.15, 0.2) is 53.4 Å². The molecule has 7 nitrogen and oxygen atoms in total. The lowest BCUT2D eigenvalue weighted by atomic mass is 10.1. The van der Waals surface area contributed by atoms with Gasteiger partial charge in [-0.3, -0.25) is 4.98 Å². The van der Waals surface area contributed by atoms with Crippen molar-refractivity contribution >= 4 is 44.0 Å². The van der Waals surface area contributed by atoms with E-state index in [-0.39, 0.29) is 11.8 Å². The summed E-state index contributed by atoms with van der Waals surface area (Å²) in [5, 5.41) is 1.04. The van der Waals surface area contributed by atoms with E-state index in [4.69, 9.17) is 9.47 Å². The lowest BCUT2D eigenvalue weighted by Gasteiger charge is -2.33. The molecular formula is C28H32BrFN4O3. The first kappa shape index (κ1) is 26.9. The third kappa shape index (κ3) is 6.04.